The summed E-state index contributed by atoms with van der Waals surface area (Å²) in [5.74, 6) is -0.140. The van der Waals surface area contributed by atoms with Crippen LogP contribution in [0.5, 0.6) is 6.01 Å². The summed E-state index contributed by atoms with van der Waals surface area (Å²) in [6, 6.07) is 0.457. The molecule has 1 aliphatic rings. The molecular formula is C15H15F3N4O2S. The first-order valence-electron chi connectivity index (χ1n) is 7.61. The van der Waals surface area contributed by atoms with Gasteiger partial charge in [0.05, 0.1) is 17.7 Å². The molecule has 1 saturated heterocycles. The van der Waals surface area contributed by atoms with Crippen LogP contribution < -0.4 is 4.74 Å². The molecule has 10 heteroatoms. The molecule has 2 aromatic rings. The van der Waals surface area contributed by atoms with Gasteiger partial charge in [-0.1, -0.05) is 0 Å². The van der Waals surface area contributed by atoms with E-state index in [2.05, 4.69) is 15.0 Å². The average molecular weight is 372 g/mol. The van der Waals surface area contributed by atoms with Gasteiger partial charge in [-0.3, -0.25) is 4.79 Å². The minimum absolute atomic E-state index is 0.140. The number of piperidine rings is 1. The lowest BCUT2D eigenvalue weighted by atomic mass is 10.1. The van der Waals surface area contributed by atoms with Gasteiger partial charge in [0, 0.05) is 12.7 Å². The Morgan fingerprint density at radius 3 is 2.88 bits per heavy atom. The van der Waals surface area contributed by atoms with Crippen LogP contribution in [0.1, 0.15) is 33.9 Å². The number of thiazole rings is 1. The molecule has 1 fully saturated rings. The first-order chi connectivity index (χ1) is 11.8. The van der Waals surface area contributed by atoms with E-state index in [9.17, 15) is 18.0 Å². The smallest absolute Gasteiger partial charge is 0.433 e. The van der Waals surface area contributed by atoms with E-state index >= 15 is 0 Å². The van der Waals surface area contributed by atoms with Crippen molar-refractivity contribution >= 4 is 17.2 Å². The van der Waals surface area contributed by atoms with Gasteiger partial charge in [-0.25, -0.2) is 9.97 Å². The lowest BCUT2D eigenvalue weighted by molar-refractivity contribution is -0.141. The number of alkyl halides is 3. The maximum absolute atomic E-state index is 12.7. The summed E-state index contributed by atoms with van der Waals surface area (Å²) in [6.07, 6.45) is -2.69. The Kier molecular flexibility index (Phi) is 4.89. The van der Waals surface area contributed by atoms with Crippen molar-refractivity contribution < 1.29 is 22.7 Å². The molecular weight excluding hydrogens is 357 g/mol. The van der Waals surface area contributed by atoms with Gasteiger partial charge in [0.15, 0.2) is 5.69 Å². The van der Waals surface area contributed by atoms with Crippen molar-refractivity contribution in [3.63, 3.8) is 0 Å². The zero-order chi connectivity index (χ0) is 18.0. The summed E-state index contributed by atoms with van der Waals surface area (Å²) >= 11 is 1.27. The molecule has 2 aromatic heterocycles. The van der Waals surface area contributed by atoms with Crippen LogP contribution in [0.15, 0.2) is 17.8 Å². The highest BCUT2D eigenvalue weighted by molar-refractivity contribution is 7.11. The third kappa shape index (κ3) is 4.06. The highest BCUT2D eigenvalue weighted by Gasteiger charge is 2.34. The number of amides is 1. The molecule has 0 spiro atoms. The van der Waals surface area contributed by atoms with Gasteiger partial charge in [0.1, 0.15) is 11.0 Å². The highest BCUT2D eigenvalue weighted by Crippen LogP contribution is 2.28. The van der Waals surface area contributed by atoms with Crippen LogP contribution in [0.3, 0.4) is 0 Å². The Labute approximate surface area is 145 Å². The molecule has 0 aromatic carbocycles. The average Bonchev–Trinajstić information content (AvgIpc) is 3.00. The Balaban J connectivity index is 1.68. The number of carbonyl (C=O) groups excluding carboxylic acids is 1. The number of rotatable bonds is 3. The third-order valence-corrected chi connectivity index (χ3v) is 4.72. The zero-order valence-corrected chi connectivity index (χ0v) is 14.1. The number of carbonyl (C=O) groups is 1. The van der Waals surface area contributed by atoms with Crippen LogP contribution in [0.2, 0.25) is 0 Å². The maximum atomic E-state index is 12.7. The van der Waals surface area contributed by atoms with Crippen LogP contribution in [0, 0.1) is 6.92 Å². The summed E-state index contributed by atoms with van der Waals surface area (Å²) in [5.41, 5.74) is 1.22. The summed E-state index contributed by atoms with van der Waals surface area (Å²) < 4.78 is 43.6. The number of likely N-dealkylation sites (tertiary alicyclic amines) is 1. The first kappa shape index (κ1) is 17.6. The van der Waals surface area contributed by atoms with Crippen molar-refractivity contribution in [1.29, 1.82) is 0 Å². The number of hydrogen-bond donors (Lipinski definition) is 0. The monoisotopic (exact) mass is 372 g/mol. The molecule has 25 heavy (non-hydrogen) atoms. The Bertz CT molecular complexity index is 765. The number of aromatic nitrogens is 3. The van der Waals surface area contributed by atoms with E-state index < -0.39 is 18.0 Å². The molecule has 1 amide bonds. The minimum Gasteiger partial charge on any atom is -0.458 e. The second kappa shape index (κ2) is 6.95. The van der Waals surface area contributed by atoms with Gasteiger partial charge in [-0.2, -0.15) is 18.2 Å². The summed E-state index contributed by atoms with van der Waals surface area (Å²) in [6.45, 7) is 2.60. The van der Waals surface area contributed by atoms with Crippen molar-refractivity contribution in [3.8, 4) is 6.01 Å². The Hall–Kier alpha value is -2.23. The fourth-order valence-corrected chi connectivity index (χ4v) is 3.34. The summed E-state index contributed by atoms with van der Waals surface area (Å²) in [4.78, 5) is 25.9. The normalized spacial score (nSPS) is 18.2. The van der Waals surface area contributed by atoms with Gasteiger partial charge < -0.3 is 9.64 Å². The molecule has 0 radical (unpaired) electrons. The number of nitrogens with zero attached hydrogens (tertiary/aromatic N) is 4. The van der Waals surface area contributed by atoms with Crippen LogP contribution in [0.4, 0.5) is 13.2 Å². The number of aryl methyl sites for hydroxylation is 1. The van der Waals surface area contributed by atoms with E-state index in [0.29, 0.717) is 30.0 Å². The number of halogens is 3. The molecule has 134 valence electrons. The van der Waals surface area contributed by atoms with Crippen molar-refractivity contribution in [2.24, 2.45) is 0 Å². The fourth-order valence-electron chi connectivity index (χ4n) is 2.57. The molecule has 0 N–H and O–H groups in total. The Morgan fingerprint density at radius 1 is 1.40 bits per heavy atom. The Morgan fingerprint density at radius 2 is 2.20 bits per heavy atom. The maximum Gasteiger partial charge on any atom is 0.433 e. The second-order valence-electron chi connectivity index (χ2n) is 5.62. The largest absolute Gasteiger partial charge is 0.458 e. The fraction of sp³-hybridized carbons (Fsp3) is 0.467. The molecule has 1 unspecified atom stereocenters. The van der Waals surface area contributed by atoms with Crippen LogP contribution in [-0.2, 0) is 6.18 Å². The van der Waals surface area contributed by atoms with Crippen LogP contribution in [-0.4, -0.2) is 45.0 Å². The third-order valence-electron chi connectivity index (χ3n) is 3.80. The van der Waals surface area contributed by atoms with E-state index in [-0.39, 0.29) is 18.5 Å². The van der Waals surface area contributed by atoms with Gasteiger partial charge in [0.2, 0.25) is 0 Å². The molecule has 1 atom stereocenters. The molecule has 6 nitrogen and oxygen atoms in total. The zero-order valence-electron chi connectivity index (χ0n) is 13.3. The topological polar surface area (TPSA) is 68.2 Å². The highest BCUT2D eigenvalue weighted by atomic mass is 32.1. The van der Waals surface area contributed by atoms with Crippen molar-refractivity contribution in [1.82, 2.24) is 19.9 Å². The van der Waals surface area contributed by atoms with Gasteiger partial charge >= 0.3 is 12.2 Å². The second-order valence-corrected chi connectivity index (χ2v) is 6.48. The summed E-state index contributed by atoms with van der Waals surface area (Å²) in [5, 5.41) is 0. The van der Waals surface area contributed by atoms with Crippen molar-refractivity contribution in [2.45, 2.75) is 32.0 Å². The SMILES string of the molecule is Cc1ncsc1C(=O)N1CCCC(Oc2nccc(C(F)(F)F)n2)C1. The van der Waals surface area contributed by atoms with Crippen molar-refractivity contribution in [2.75, 3.05) is 13.1 Å². The van der Waals surface area contributed by atoms with Gasteiger partial charge in [-0.15, -0.1) is 11.3 Å². The molecule has 0 bridgehead atoms. The van der Waals surface area contributed by atoms with Crippen LogP contribution in [0.25, 0.3) is 0 Å². The lowest BCUT2D eigenvalue weighted by Crippen LogP contribution is -2.44. The molecule has 0 aliphatic carbocycles. The lowest BCUT2D eigenvalue weighted by Gasteiger charge is -2.32. The number of ether oxygens (including phenoxy) is 1. The van der Waals surface area contributed by atoms with E-state index in [1.165, 1.54) is 11.3 Å². The predicted molar refractivity (Wildman–Crippen MR) is 83.4 cm³/mol. The minimum atomic E-state index is -4.56. The quantitative estimate of drug-likeness (QED) is 0.829. The molecule has 1 aliphatic heterocycles. The van der Waals surface area contributed by atoms with E-state index in [0.717, 1.165) is 12.3 Å². The van der Waals surface area contributed by atoms with Gasteiger partial charge in [-0.05, 0) is 25.8 Å². The predicted octanol–water partition coefficient (Wildman–Crippen LogP) is 2.94. The van der Waals surface area contributed by atoms with E-state index in [4.69, 9.17) is 4.74 Å². The van der Waals surface area contributed by atoms with Gasteiger partial charge in [0.25, 0.3) is 5.91 Å². The molecule has 3 heterocycles. The number of hydrogen-bond acceptors (Lipinski definition) is 6. The molecule has 0 saturated carbocycles. The first-order valence-corrected chi connectivity index (χ1v) is 8.49. The standard InChI is InChI=1S/C15H15F3N4O2S/c1-9-12(25-8-20-9)13(23)22-6-2-3-10(7-22)24-14-19-5-4-11(21-14)15(16,17)18/h4-5,8,10H,2-3,6-7H2,1H3. The molecule has 3 rings (SSSR count). The summed E-state index contributed by atoms with van der Waals surface area (Å²) in [7, 11) is 0. The van der Waals surface area contributed by atoms with E-state index in [1.807, 2.05) is 0 Å². The van der Waals surface area contributed by atoms with E-state index in [1.54, 1.807) is 17.3 Å². The van der Waals surface area contributed by atoms with Crippen molar-refractivity contribution in [3.05, 3.63) is 34.0 Å². The van der Waals surface area contributed by atoms with Crippen LogP contribution >= 0.6 is 11.3 Å².